The number of nitrogens with two attached hydrogens (primary N) is 2. The Balaban J connectivity index is 2.22. The fourth-order valence-electron chi connectivity index (χ4n) is 1.27. The lowest BCUT2D eigenvalue weighted by atomic mass is 10.1. The number of rotatable bonds is 5. The molecule has 1 atom stereocenters. The maximum Gasteiger partial charge on any atom is 0.404 e. The van der Waals surface area contributed by atoms with Gasteiger partial charge in [0.2, 0.25) is 0 Å². The van der Waals surface area contributed by atoms with Gasteiger partial charge in [0.25, 0.3) is 0 Å². The van der Waals surface area contributed by atoms with Crippen LogP contribution in [0.15, 0.2) is 30.3 Å². The van der Waals surface area contributed by atoms with E-state index in [0.29, 0.717) is 0 Å². The first kappa shape index (κ1) is 11.5. The molecule has 1 aromatic carbocycles. The van der Waals surface area contributed by atoms with E-state index in [0.717, 1.165) is 12.8 Å². The lowest BCUT2D eigenvalue weighted by molar-refractivity contribution is 0.148. The number of ether oxygens (including phenoxy) is 1. The topological polar surface area (TPSA) is 78.3 Å². The molecule has 0 bridgehead atoms. The van der Waals surface area contributed by atoms with Crippen molar-refractivity contribution in [2.75, 3.05) is 6.61 Å². The third kappa shape index (κ3) is 5.02. The molecule has 1 rings (SSSR count). The molecule has 4 heteroatoms. The molecule has 4 nitrogen and oxygen atoms in total. The van der Waals surface area contributed by atoms with Crippen LogP contribution in [0.25, 0.3) is 0 Å². The summed E-state index contributed by atoms with van der Waals surface area (Å²) in [6.45, 7) is 0.183. The number of hydrogen-bond acceptors (Lipinski definition) is 3. The fraction of sp³-hybridized carbons (Fsp3) is 0.364. The summed E-state index contributed by atoms with van der Waals surface area (Å²) in [5, 5.41) is 0. The second-order valence-electron chi connectivity index (χ2n) is 3.41. The van der Waals surface area contributed by atoms with Gasteiger partial charge in [-0.1, -0.05) is 30.3 Å². The Hall–Kier alpha value is -1.55. The van der Waals surface area contributed by atoms with Crippen LogP contribution < -0.4 is 11.5 Å². The predicted molar refractivity (Wildman–Crippen MR) is 58.3 cm³/mol. The zero-order valence-corrected chi connectivity index (χ0v) is 8.56. The van der Waals surface area contributed by atoms with Gasteiger partial charge in [-0.3, -0.25) is 0 Å². The summed E-state index contributed by atoms with van der Waals surface area (Å²) in [6.07, 6.45) is 0.881. The van der Waals surface area contributed by atoms with Crippen molar-refractivity contribution in [3.05, 3.63) is 35.9 Å². The summed E-state index contributed by atoms with van der Waals surface area (Å²) in [5.41, 5.74) is 11.8. The molecule has 0 aliphatic rings. The van der Waals surface area contributed by atoms with Crippen molar-refractivity contribution < 1.29 is 9.53 Å². The van der Waals surface area contributed by atoms with Crippen LogP contribution in [0.4, 0.5) is 4.79 Å². The molecule has 0 aliphatic heterocycles. The summed E-state index contributed by atoms with van der Waals surface area (Å²) in [4.78, 5) is 10.3. The van der Waals surface area contributed by atoms with Crippen molar-refractivity contribution >= 4 is 6.09 Å². The van der Waals surface area contributed by atoms with Crippen molar-refractivity contribution in [3.8, 4) is 0 Å². The van der Waals surface area contributed by atoms with Gasteiger partial charge < -0.3 is 16.2 Å². The second-order valence-corrected chi connectivity index (χ2v) is 3.41. The Labute approximate surface area is 89.2 Å². The molecule has 0 spiro atoms. The number of amides is 1. The van der Waals surface area contributed by atoms with Crippen molar-refractivity contribution in [1.82, 2.24) is 0 Å². The minimum Gasteiger partial charge on any atom is -0.448 e. The maximum absolute atomic E-state index is 10.3. The van der Waals surface area contributed by atoms with E-state index < -0.39 is 6.09 Å². The molecule has 15 heavy (non-hydrogen) atoms. The third-order valence-electron chi connectivity index (χ3n) is 2.09. The lowest BCUT2D eigenvalue weighted by Gasteiger charge is -2.10. The van der Waals surface area contributed by atoms with Crippen molar-refractivity contribution in [2.24, 2.45) is 11.5 Å². The van der Waals surface area contributed by atoms with E-state index in [1.54, 1.807) is 0 Å². The van der Waals surface area contributed by atoms with E-state index in [-0.39, 0.29) is 12.6 Å². The lowest BCUT2D eigenvalue weighted by Crippen LogP contribution is -2.29. The van der Waals surface area contributed by atoms with Crippen LogP contribution in [-0.2, 0) is 11.2 Å². The average molecular weight is 208 g/mol. The molecule has 82 valence electrons. The summed E-state index contributed by atoms with van der Waals surface area (Å²) >= 11 is 0. The van der Waals surface area contributed by atoms with Gasteiger partial charge >= 0.3 is 6.09 Å². The summed E-state index contributed by atoms with van der Waals surface area (Å²) in [5.74, 6) is 0. The molecule has 1 amide bonds. The first-order chi connectivity index (χ1) is 7.18. The average Bonchev–Trinajstić information content (AvgIpc) is 2.25. The Morgan fingerprint density at radius 2 is 2.00 bits per heavy atom. The van der Waals surface area contributed by atoms with Crippen molar-refractivity contribution in [1.29, 1.82) is 0 Å². The van der Waals surface area contributed by atoms with E-state index in [1.165, 1.54) is 5.56 Å². The standard InChI is InChI=1S/C11H16N2O2/c12-10(8-15-11(13)14)7-6-9-4-2-1-3-5-9/h1-5,10H,6-8,12H2,(H2,13,14). The number of carbonyl (C=O) groups is 1. The van der Waals surface area contributed by atoms with Crippen LogP contribution in [0.5, 0.6) is 0 Å². The highest BCUT2D eigenvalue weighted by Crippen LogP contribution is 2.04. The molecule has 1 unspecified atom stereocenters. The molecule has 4 N–H and O–H groups in total. The highest BCUT2D eigenvalue weighted by atomic mass is 16.5. The van der Waals surface area contributed by atoms with E-state index >= 15 is 0 Å². The van der Waals surface area contributed by atoms with E-state index in [2.05, 4.69) is 4.74 Å². The van der Waals surface area contributed by atoms with Gasteiger partial charge in [-0.25, -0.2) is 4.79 Å². The minimum absolute atomic E-state index is 0.155. The molecule has 0 radical (unpaired) electrons. The zero-order valence-electron chi connectivity index (χ0n) is 8.56. The molecule has 0 fully saturated rings. The molecule has 0 saturated carbocycles. The van der Waals surface area contributed by atoms with Gasteiger partial charge in [0.1, 0.15) is 6.61 Å². The summed E-state index contributed by atoms with van der Waals surface area (Å²) < 4.78 is 4.61. The van der Waals surface area contributed by atoms with Crippen molar-refractivity contribution in [3.63, 3.8) is 0 Å². The molecule has 0 saturated heterocycles. The Morgan fingerprint density at radius 3 is 2.60 bits per heavy atom. The van der Waals surface area contributed by atoms with Crippen molar-refractivity contribution in [2.45, 2.75) is 18.9 Å². The maximum atomic E-state index is 10.3. The first-order valence-electron chi connectivity index (χ1n) is 4.90. The van der Waals surface area contributed by atoms with E-state index in [4.69, 9.17) is 11.5 Å². The quantitative estimate of drug-likeness (QED) is 0.758. The number of benzene rings is 1. The number of carbonyl (C=O) groups excluding carboxylic acids is 1. The number of aryl methyl sites for hydroxylation is 1. The van der Waals surface area contributed by atoms with Crippen LogP contribution >= 0.6 is 0 Å². The Kier molecular flexibility index (Phi) is 4.63. The smallest absolute Gasteiger partial charge is 0.404 e. The number of primary amides is 1. The van der Waals surface area contributed by atoms with Gasteiger partial charge in [-0.05, 0) is 18.4 Å². The largest absolute Gasteiger partial charge is 0.448 e. The molecule has 0 aromatic heterocycles. The second kappa shape index (κ2) is 6.03. The molecular weight excluding hydrogens is 192 g/mol. The number of hydrogen-bond donors (Lipinski definition) is 2. The van der Waals surface area contributed by atoms with Crippen LogP contribution in [0, 0.1) is 0 Å². The Morgan fingerprint density at radius 1 is 1.33 bits per heavy atom. The molecule has 0 heterocycles. The van der Waals surface area contributed by atoms with Gasteiger partial charge in [0.05, 0.1) is 0 Å². The molecule has 1 aromatic rings. The minimum atomic E-state index is -0.773. The highest BCUT2D eigenvalue weighted by Gasteiger charge is 2.05. The summed E-state index contributed by atoms with van der Waals surface area (Å²) in [6, 6.07) is 9.88. The molecular formula is C11H16N2O2. The van der Waals surface area contributed by atoms with Gasteiger partial charge in [-0.15, -0.1) is 0 Å². The monoisotopic (exact) mass is 208 g/mol. The van der Waals surface area contributed by atoms with E-state index in [9.17, 15) is 4.79 Å². The zero-order chi connectivity index (χ0) is 11.1. The molecule has 0 aliphatic carbocycles. The third-order valence-corrected chi connectivity index (χ3v) is 2.09. The van der Waals surface area contributed by atoms with Gasteiger partial charge in [-0.2, -0.15) is 0 Å². The van der Waals surface area contributed by atoms with Crippen LogP contribution in [0.2, 0.25) is 0 Å². The first-order valence-corrected chi connectivity index (χ1v) is 4.90. The SMILES string of the molecule is NC(=O)OCC(N)CCc1ccccc1. The Bertz CT molecular complexity index is 301. The normalized spacial score (nSPS) is 12.1. The van der Waals surface area contributed by atoms with Gasteiger partial charge in [0, 0.05) is 6.04 Å². The predicted octanol–water partition coefficient (Wildman–Crippen LogP) is 1.04. The highest BCUT2D eigenvalue weighted by molar-refractivity contribution is 5.64. The van der Waals surface area contributed by atoms with Crippen LogP contribution in [-0.4, -0.2) is 18.7 Å². The summed E-state index contributed by atoms with van der Waals surface area (Å²) in [7, 11) is 0. The van der Waals surface area contributed by atoms with Crippen LogP contribution in [0.3, 0.4) is 0 Å². The fourth-order valence-corrected chi connectivity index (χ4v) is 1.27. The van der Waals surface area contributed by atoms with E-state index in [1.807, 2.05) is 30.3 Å². The van der Waals surface area contributed by atoms with Gasteiger partial charge in [0.15, 0.2) is 0 Å². The van der Waals surface area contributed by atoms with Crippen LogP contribution in [0.1, 0.15) is 12.0 Å².